The number of amides is 4. The fourth-order valence-corrected chi connectivity index (χ4v) is 9.26. The van der Waals surface area contributed by atoms with Crippen LogP contribution in [0.2, 0.25) is 5.02 Å². The van der Waals surface area contributed by atoms with E-state index in [-0.39, 0.29) is 0 Å². The van der Waals surface area contributed by atoms with Crippen molar-refractivity contribution in [3.05, 3.63) is 227 Å². The number of ether oxygens (including phenoxy) is 1. The van der Waals surface area contributed by atoms with Gasteiger partial charge in [-0.25, -0.2) is 0 Å². The van der Waals surface area contributed by atoms with Crippen LogP contribution in [0.25, 0.3) is 88.6 Å². The average Bonchev–Trinajstić information content (AvgIpc) is 4.27. The zero-order valence-electron chi connectivity index (χ0n) is 41.8. The number of carbonyl (C=O) groups excluding carboxylic acids is 4. The number of hydrogen-bond donors (Lipinski definition) is 9. The molecule has 15 heteroatoms. The molecule has 0 unspecified atom stereocenters. The largest absolute Gasteiger partial charge is 0.497 e. The molecular weight excluding hydrogens is 986 g/mol. The highest BCUT2D eigenvalue weighted by Crippen LogP contribution is 2.32. The van der Waals surface area contributed by atoms with Crippen molar-refractivity contribution in [3.63, 3.8) is 0 Å². The number of aromatic amines is 4. The molecule has 4 aromatic heterocycles. The second-order valence-corrected chi connectivity index (χ2v) is 18.4. The van der Waals surface area contributed by atoms with Gasteiger partial charge in [0.1, 0.15) is 5.75 Å². The molecule has 0 atom stereocenters. The van der Waals surface area contributed by atoms with E-state index in [9.17, 15) is 19.2 Å². The number of H-pyrrole nitrogens is 4. The molecule has 4 amide bonds. The van der Waals surface area contributed by atoms with Gasteiger partial charge in [-0.3, -0.25) is 19.2 Å². The van der Waals surface area contributed by atoms with Gasteiger partial charge in [0.25, 0.3) is 0 Å². The number of anilines is 1. The minimum Gasteiger partial charge on any atom is -0.497 e. The third-order valence-corrected chi connectivity index (χ3v) is 13.0. The van der Waals surface area contributed by atoms with Crippen LogP contribution in [-0.4, -0.2) is 50.7 Å². The Morgan fingerprint density at radius 1 is 0.390 bits per heavy atom. The first-order valence-corrected chi connectivity index (χ1v) is 24.5. The number of benzene rings is 8. The monoisotopic (exact) mass is 1040 g/mol. The highest BCUT2D eigenvalue weighted by atomic mass is 35.5. The second-order valence-electron chi connectivity index (χ2n) is 18.0. The molecule has 0 saturated carbocycles. The lowest BCUT2D eigenvalue weighted by atomic mass is 10.1. The fraction of sp³-hybridized carbons (Fsp3) is 0.0323. The Bertz CT molecular complexity index is 3870. The minimum absolute atomic E-state index is 0.402. The number of methoxy groups -OCH3 is 1. The molecule has 14 N–H and O–H groups in total. The van der Waals surface area contributed by atoms with Gasteiger partial charge in [-0.15, -0.1) is 0 Å². The van der Waals surface area contributed by atoms with Crippen LogP contribution in [0.3, 0.4) is 0 Å². The molecule has 12 aromatic rings. The van der Waals surface area contributed by atoms with Crippen molar-refractivity contribution in [2.24, 2.45) is 22.9 Å². The van der Waals surface area contributed by atoms with Crippen LogP contribution in [0, 0.1) is 6.92 Å². The zero-order valence-corrected chi connectivity index (χ0v) is 42.5. The van der Waals surface area contributed by atoms with E-state index >= 15 is 0 Å². The molecule has 382 valence electrons. The lowest BCUT2D eigenvalue weighted by Gasteiger charge is -2.02. The van der Waals surface area contributed by atoms with E-state index in [1.807, 2.05) is 152 Å². The maximum Gasteiger partial charge on any atom is 0.249 e. The number of aryl methyl sites for hydroxylation is 1. The van der Waals surface area contributed by atoms with Gasteiger partial charge in [-0.1, -0.05) is 96.0 Å². The Morgan fingerprint density at radius 3 is 1.06 bits per heavy atom. The van der Waals surface area contributed by atoms with Crippen molar-refractivity contribution in [2.45, 2.75) is 6.92 Å². The molecule has 8 aromatic carbocycles. The predicted octanol–water partition coefficient (Wildman–Crippen LogP) is 12.3. The van der Waals surface area contributed by atoms with Gasteiger partial charge in [0.2, 0.25) is 23.6 Å². The molecule has 14 nitrogen and oxygen atoms in total. The van der Waals surface area contributed by atoms with Crippen molar-refractivity contribution in [1.82, 2.24) is 19.9 Å². The molecule has 0 spiro atoms. The fourth-order valence-electron chi connectivity index (χ4n) is 9.07. The van der Waals surface area contributed by atoms with Crippen LogP contribution in [0.4, 0.5) is 5.69 Å². The van der Waals surface area contributed by atoms with Crippen LogP contribution in [-0.2, 0) is 0 Å². The summed E-state index contributed by atoms with van der Waals surface area (Å²) in [6.07, 6.45) is 0. The number of nitrogen functional groups attached to an aromatic ring is 1. The Balaban J connectivity index is 0.000000125. The molecular formula is C62H52ClN9O5. The van der Waals surface area contributed by atoms with Gasteiger partial charge < -0.3 is 53.3 Å². The van der Waals surface area contributed by atoms with Gasteiger partial charge in [0, 0.05) is 105 Å². The van der Waals surface area contributed by atoms with Crippen LogP contribution < -0.4 is 33.4 Å². The molecule has 0 fully saturated rings. The zero-order chi connectivity index (χ0) is 54.3. The summed E-state index contributed by atoms with van der Waals surface area (Å²) in [4.78, 5) is 58.8. The van der Waals surface area contributed by atoms with E-state index in [2.05, 4.69) is 39.0 Å². The number of hydrogen-bond acceptors (Lipinski definition) is 6. The number of primary amides is 4. The Labute approximate surface area is 446 Å². The van der Waals surface area contributed by atoms with Crippen molar-refractivity contribution in [2.75, 3.05) is 12.8 Å². The number of halogens is 1. The van der Waals surface area contributed by atoms with Gasteiger partial charge in [0.05, 0.1) is 7.11 Å². The lowest BCUT2D eigenvalue weighted by molar-refractivity contribution is 0.0993. The van der Waals surface area contributed by atoms with Crippen LogP contribution in [0.1, 0.15) is 47.0 Å². The summed E-state index contributed by atoms with van der Waals surface area (Å²) in [5.74, 6) is -0.894. The van der Waals surface area contributed by atoms with Crippen molar-refractivity contribution >= 4 is 84.5 Å². The Morgan fingerprint density at radius 2 is 0.714 bits per heavy atom. The normalized spacial score (nSPS) is 10.7. The summed E-state index contributed by atoms with van der Waals surface area (Å²) >= 11 is 5.99. The summed E-state index contributed by atoms with van der Waals surface area (Å²) in [5, 5.41) is 4.02. The average molecular weight is 1040 g/mol. The summed E-state index contributed by atoms with van der Waals surface area (Å²) in [5.41, 5.74) is 42.7. The molecule has 4 heterocycles. The maximum absolute atomic E-state index is 11.4. The third-order valence-electron chi connectivity index (χ3n) is 12.8. The number of fused-ring (bicyclic) bond motifs is 4. The molecule has 0 bridgehead atoms. The molecule has 77 heavy (non-hydrogen) atoms. The number of nitrogens with two attached hydrogens (primary N) is 5. The molecule has 0 aliphatic heterocycles. The van der Waals surface area contributed by atoms with Crippen molar-refractivity contribution < 1.29 is 23.9 Å². The number of nitrogens with one attached hydrogen (secondary N) is 4. The van der Waals surface area contributed by atoms with E-state index in [0.29, 0.717) is 33.0 Å². The van der Waals surface area contributed by atoms with Gasteiger partial charge in [-0.2, -0.15) is 0 Å². The van der Waals surface area contributed by atoms with Crippen LogP contribution >= 0.6 is 11.6 Å². The maximum atomic E-state index is 11.4. The smallest absolute Gasteiger partial charge is 0.249 e. The summed E-state index contributed by atoms with van der Waals surface area (Å²) < 4.78 is 5.22. The molecule has 12 rings (SSSR count). The Hall–Kier alpha value is -10.3. The number of aromatic nitrogens is 4. The predicted molar refractivity (Wildman–Crippen MR) is 310 cm³/mol. The first kappa shape index (κ1) is 51.6. The first-order valence-electron chi connectivity index (χ1n) is 24.1. The van der Waals surface area contributed by atoms with E-state index in [1.165, 1.54) is 5.56 Å². The Kier molecular flexibility index (Phi) is 15.0. The van der Waals surface area contributed by atoms with Crippen molar-refractivity contribution in [3.8, 4) is 50.8 Å². The molecule has 0 aliphatic rings. The summed E-state index contributed by atoms with van der Waals surface area (Å²) in [6, 6.07) is 60.7. The third kappa shape index (κ3) is 11.6. The molecule has 0 aliphatic carbocycles. The van der Waals surface area contributed by atoms with E-state index < -0.39 is 23.6 Å². The number of rotatable bonds is 9. The van der Waals surface area contributed by atoms with Crippen LogP contribution in [0.15, 0.2) is 194 Å². The lowest BCUT2D eigenvalue weighted by Crippen LogP contribution is -2.10. The van der Waals surface area contributed by atoms with Gasteiger partial charge in [0.15, 0.2) is 0 Å². The number of carbonyl (C=O) groups is 4. The van der Waals surface area contributed by atoms with Crippen LogP contribution in [0.5, 0.6) is 5.75 Å². The molecule has 0 radical (unpaired) electrons. The highest BCUT2D eigenvalue weighted by molar-refractivity contribution is 6.30. The van der Waals surface area contributed by atoms with E-state index in [4.69, 9.17) is 45.0 Å². The van der Waals surface area contributed by atoms with Gasteiger partial charge in [-0.05, 0) is 139 Å². The highest BCUT2D eigenvalue weighted by Gasteiger charge is 2.14. The summed E-state index contributed by atoms with van der Waals surface area (Å²) in [7, 11) is 1.63. The molecule has 0 saturated heterocycles. The SMILES string of the molecule is COc1cccc(-c2cc3c(C(N)=O)cccc3[nH]2)c1.Cc1cccc(-c2cc3c(C(N)=O)cccc3[nH]2)c1.NC(=O)c1cccc2[nH]c(-c3cccc(Cl)c3)cc12.NC(=O)c1cccc2[nH]c(-c3cccc(N)c3)cc12. The van der Waals surface area contributed by atoms with E-state index in [0.717, 1.165) is 94.4 Å². The standard InChI is InChI=1S/C16H14N2O2.C16H14N2O.C15H11ClN2O.C15H13N3O/c1-20-11-5-2-4-10(8-11)15-9-13-12(16(17)19)6-3-7-14(13)18-15;1-10-4-2-5-11(8-10)15-9-13-12(16(17)19)6-3-7-14(13)18-15;2*16-10-4-1-3-9(7-10)14-8-12-11(15(17)19)5-2-6-13(12)18-14/h2-9,18H,1H3,(H2,17,19);2-9,18H,1H3,(H2,17,19);1-8,18H,(H2,17,19);1-8,18H,16H2,(H2,17,19). The summed E-state index contributed by atoms with van der Waals surface area (Å²) in [6.45, 7) is 2.06. The van der Waals surface area contributed by atoms with Gasteiger partial charge >= 0.3 is 0 Å². The second kappa shape index (κ2) is 22.4. The first-order chi connectivity index (χ1) is 37.1. The quantitative estimate of drug-likeness (QED) is 0.0634. The van der Waals surface area contributed by atoms with Crippen molar-refractivity contribution in [1.29, 1.82) is 0 Å². The topological polar surface area (TPSA) is 271 Å². The minimum atomic E-state index is -0.428. The van der Waals surface area contributed by atoms with E-state index in [1.54, 1.807) is 37.4 Å².